The number of thiazole rings is 1. The van der Waals surface area contributed by atoms with E-state index in [0.717, 1.165) is 34.6 Å². The predicted molar refractivity (Wildman–Crippen MR) is 229 cm³/mol. The molecule has 0 radical (unpaired) electrons. The summed E-state index contributed by atoms with van der Waals surface area (Å²) < 4.78 is 42.4. The number of rotatable bonds is 8. The molecular weight excluding hydrogens is 807 g/mol. The quantitative estimate of drug-likeness (QED) is 0.217. The van der Waals surface area contributed by atoms with E-state index in [1.54, 1.807) is 32.1 Å². The Morgan fingerprint density at radius 2 is 1.78 bits per heavy atom. The van der Waals surface area contributed by atoms with Crippen LogP contribution in [0.5, 0.6) is 6.01 Å². The van der Waals surface area contributed by atoms with Gasteiger partial charge in [0.05, 0.1) is 23.0 Å². The molecule has 2 saturated carbocycles. The summed E-state index contributed by atoms with van der Waals surface area (Å²) in [4.78, 5) is 67.7. The molecule has 4 aliphatic rings. The SMILES string of the molecule is CC(C)n1c(O[C@@H]2C[C@H]3C(=O)N[C@]4(C(=O)NS(=O)(=O)C5CC5)C[C@H]4/C=C\CCCCC[C@H](NC(=O)OC(C)(C)C)C(=O)N3C2)nc2c(-c3nc(C(C)(C)C)cs3)cccc21. The average Bonchev–Trinajstić information content (AvgIpc) is 3.95. The second-order valence-corrected chi connectivity index (χ2v) is 21.8. The van der Waals surface area contributed by atoms with Crippen LogP contribution in [0.2, 0.25) is 0 Å². The molecule has 0 unspecified atom stereocenters. The van der Waals surface area contributed by atoms with Crippen molar-refractivity contribution in [2.24, 2.45) is 5.92 Å². The molecule has 4 amide bonds. The van der Waals surface area contributed by atoms with E-state index in [1.165, 1.54) is 4.90 Å². The molecule has 5 atom stereocenters. The number of aromatic nitrogens is 3. The highest BCUT2D eigenvalue weighted by molar-refractivity contribution is 7.91. The fraction of sp³-hybridized carbons (Fsp3) is 0.628. The van der Waals surface area contributed by atoms with Crippen LogP contribution in [0, 0.1) is 5.92 Å². The molecule has 4 heterocycles. The maximum atomic E-state index is 14.7. The summed E-state index contributed by atoms with van der Waals surface area (Å²) in [6, 6.07) is 4.05. The molecule has 15 nitrogen and oxygen atoms in total. The van der Waals surface area contributed by atoms with E-state index in [9.17, 15) is 27.6 Å². The Morgan fingerprint density at radius 3 is 2.45 bits per heavy atom. The van der Waals surface area contributed by atoms with Crippen LogP contribution in [-0.2, 0) is 34.6 Å². The highest BCUT2D eigenvalue weighted by Crippen LogP contribution is 2.46. The fourth-order valence-corrected chi connectivity index (χ4v) is 10.5. The van der Waals surface area contributed by atoms with Crippen molar-refractivity contribution in [1.29, 1.82) is 0 Å². The first-order valence-corrected chi connectivity index (χ1v) is 23.6. The molecule has 326 valence electrons. The number of fused-ring (bicyclic) bond motifs is 3. The number of alkyl carbamates (subject to hydrolysis) is 1. The van der Waals surface area contributed by atoms with Gasteiger partial charge >= 0.3 is 6.09 Å². The first kappa shape index (κ1) is 43.6. The van der Waals surface area contributed by atoms with E-state index in [1.807, 2.05) is 48.8 Å². The van der Waals surface area contributed by atoms with Crippen LogP contribution in [0.3, 0.4) is 0 Å². The zero-order valence-corrected chi connectivity index (χ0v) is 37.5. The minimum atomic E-state index is -3.91. The summed E-state index contributed by atoms with van der Waals surface area (Å²) in [5.74, 6) is -2.32. The van der Waals surface area contributed by atoms with Gasteiger partial charge in [0, 0.05) is 34.7 Å². The average molecular weight is 866 g/mol. The first-order valence-electron chi connectivity index (χ1n) is 21.2. The van der Waals surface area contributed by atoms with Gasteiger partial charge in [0.15, 0.2) is 0 Å². The zero-order valence-electron chi connectivity index (χ0n) is 35.9. The Hall–Kier alpha value is -4.51. The van der Waals surface area contributed by atoms with Crippen LogP contribution in [0.1, 0.15) is 125 Å². The summed E-state index contributed by atoms with van der Waals surface area (Å²) in [5, 5.41) is 7.96. The van der Waals surface area contributed by atoms with Gasteiger partial charge in [0.2, 0.25) is 21.8 Å². The standard InChI is InChI=1S/C43H59N7O8S2/c1-25(2)50-31-18-14-16-29(36-45-33(24-59-36)41(3,4)5)34(31)46-39(50)57-27-21-32-35(51)47-43(38(53)48-60(55,56)28-19-20-28)22-26(43)15-12-10-9-11-13-17-30(37(52)49(32)23-27)44-40(54)58-42(6,7)8/h12,14-16,18,24-28,30,32H,9-11,13,17,19-23H2,1-8H3,(H,44,54)(H,47,51)(H,48,53)/b15-12-/t26-,27-,30+,32+,43-/m1/s1. The van der Waals surface area contributed by atoms with E-state index < -0.39 is 74.3 Å². The van der Waals surface area contributed by atoms with E-state index in [4.69, 9.17) is 19.4 Å². The second-order valence-electron chi connectivity index (χ2n) is 19.0. The summed E-state index contributed by atoms with van der Waals surface area (Å²) in [6.45, 7) is 15.6. The molecular formula is C43H59N7O8S2. The monoisotopic (exact) mass is 865 g/mol. The van der Waals surface area contributed by atoms with Crippen LogP contribution >= 0.6 is 11.3 Å². The molecule has 1 aromatic carbocycles. The summed E-state index contributed by atoms with van der Waals surface area (Å²) in [5.41, 5.74) is 0.941. The minimum Gasteiger partial charge on any atom is -0.459 e. The van der Waals surface area contributed by atoms with Crippen molar-refractivity contribution in [2.45, 2.75) is 159 Å². The Kier molecular flexibility index (Phi) is 11.9. The van der Waals surface area contributed by atoms with Gasteiger partial charge in [-0.05, 0) is 85.3 Å². The summed E-state index contributed by atoms with van der Waals surface area (Å²) in [7, 11) is -3.91. The van der Waals surface area contributed by atoms with Crippen molar-refractivity contribution in [3.8, 4) is 16.6 Å². The van der Waals surface area contributed by atoms with Gasteiger partial charge in [-0.1, -0.05) is 51.8 Å². The fourth-order valence-electron chi connectivity index (χ4n) is 8.04. The third-order valence-corrected chi connectivity index (χ3v) is 14.2. The highest BCUT2D eigenvalue weighted by atomic mass is 32.2. The minimum absolute atomic E-state index is 0.0163. The summed E-state index contributed by atoms with van der Waals surface area (Å²) >= 11 is 1.55. The van der Waals surface area contributed by atoms with Gasteiger partial charge in [0.1, 0.15) is 39.9 Å². The third kappa shape index (κ3) is 9.36. The molecule has 2 aliphatic carbocycles. The topological polar surface area (TPSA) is 191 Å². The molecule has 1 saturated heterocycles. The van der Waals surface area contributed by atoms with Crippen molar-refractivity contribution in [3.05, 3.63) is 41.4 Å². The number of ether oxygens (including phenoxy) is 2. The molecule has 0 bridgehead atoms. The first-order chi connectivity index (χ1) is 28.2. The van der Waals surface area contributed by atoms with Gasteiger partial charge in [-0.15, -0.1) is 11.3 Å². The molecule has 0 spiro atoms. The lowest BCUT2D eigenvalue weighted by Crippen LogP contribution is -2.58. The van der Waals surface area contributed by atoms with Crippen molar-refractivity contribution in [3.63, 3.8) is 0 Å². The zero-order chi connectivity index (χ0) is 43.4. The number of benzene rings is 1. The lowest BCUT2D eigenvalue weighted by atomic mass is 9.93. The Labute approximate surface area is 356 Å². The predicted octanol–water partition coefficient (Wildman–Crippen LogP) is 6.28. The number of nitrogens with zero attached hydrogens (tertiary/aromatic N) is 4. The second kappa shape index (κ2) is 16.4. The van der Waals surface area contributed by atoms with E-state index in [-0.39, 0.29) is 30.8 Å². The molecule has 3 fully saturated rings. The van der Waals surface area contributed by atoms with Crippen LogP contribution < -0.4 is 20.1 Å². The Morgan fingerprint density at radius 1 is 1.03 bits per heavy atom. The van der Waals surface area contributed by atoms with Gasteiger partial charge < -0.3 is 25.0 Å². The number of carbonyl (C=O) groups excluding carboxylic acids is 4. The molecule has 60 heavy (non-hydrogen) atoms. The number of imidazole rings is 1. The molecule has 7 rings (SSSR count). The number of amides is 4. The summed E-state index contributed by atoms with van der Waals surface area (Å²) in [6.07, 6.45) is 6.74. The van der Waals surface area contributed by atoms with E-state index in [2.05, 4.69) is 41.5 Å². The number of para-hydroxylation sites is 1. The molecule has 3 N–H and O–H groups in total. The van der Waals surface area contributed by atoms with Gasteiger partial charge in [-0.3, -0.25) is 23.7 Å². The van der Waals surface area contributed by atoms with Gasteiger partial charge in [-0.25, -0.2) is 18.2 Å². The van der Waals surface area contributed by atoms with Crippen LogP contribution in [0.25, 0.3) is 21.6 Å². The van der Waals surface area contributed by atoms with Gasteiger partial charge in [-0.2, -0.15) is 4.98 Å². The number of sulfonamides is 1. The van der Waals surface area contributed by atoms with Crippen LogP contribution in [-0.4, -0.2) is 92.8 Å². The number of allylic oxidation sites excluding steroid dienone is 1. The smallest absolute Gasteiger partial charge is 0.408 e. The molecule has 17 heteroatoms. The molecule has 2 aromatic heterocycles. The molecule has 3 aromatic rings. The number of nitrogens with one attached hydrogen (secondary N) is 3. The van der Waals surface area contributed by atoms with Crippen molar-refractivity contribution < 1.29 is 37.1 Å². The van der Waals surface area contributed by atoms with E-state index >= 15 is 0 Å². The van der Waals surface area contributed by atoms with E-state index in [0.29, 0.717) is 43.6 Å². The van der Waals surface area contributed by atoms with Gasteiger partial charge in [0.25, 0.3) is 11.9 Å². The van der Waals surface area contributed by atoms with Crippen molar-refractivity contribution >= 4 is 56.2 Å². The number of hydrogen-bond donors (Lipinski definition) is 3. The highest BCUT2D eigenvalue weighted by Gasteiger charge is 2.62. The third-order valence-electron chi connectivity index (χ3n) is 11.5. The lowest BCUT2D eigenvalue weighted by Gasteiger charge is -2.30. The largest absolute Gasteiger partial charge is 0.459 e. The van der Waals surface area contributed by atoms with Crippen molar-refractivity contribution in [2.75, 3.05) is 6.54 Å². The Balaban J connectivity index is 1.22. The molecule has 2 aliphatic heterocycles. The van der Waals surface area contributed by atoms with Crippen LogP contribution in [0.15, 0.2) is 35.7 Å². The maximum absolute atomic E-state index is 14.7. The maximum Gasteiger partial charge on any atom is 0.408 e. The van der Waals surface area contributed by atoms with Crippen LogP contribution in [0.4, 0.5) is 4.79 Å². The number of carbonyl (C=O) groups is 4. The van der Waals surface area contributed by atoms with Crippen molar-refractivity contribution in [1.82, 2.24) is 34.8 Å². The number of hydrogen-bond acceptors (Lipinski definition) is 11. The Bertz CT molecular complexity index is 2280. The lowest BCUT2D eigenvalue weighted by molar-refractivity contribution is -0.141. The normalized spacial score (nSPS) is 26.1.